The van der Waals surface area contributed by atoms with Crippen LogP contribution in [0.2, 0.25) is 0 Å². The fourth-order valence-electron chi connectivity index (χ4n) is 7.78. The minimum Gasteiger partial charge on any atom is -0.346 e. The number of fused-ring (bicyclic) bond motifs is 1. The average molecular weight is 833 g/mol. The van der Waals surface area contributed by atoms with Gasteiger partial charge in [-0.25, -0.2) is 18.7 Å². The van der Waals surface area contributed by atoms with E-state index in [4.69, 9.17) is 19.8 Å². The smallest absolute Gasteiger partial charge is 0.261 e. The zero-order valence-electron chi connectivity index (χ0n) is 31.2. The Hall–Kier alpha value is -4.18. The summed E-state index contributed by atoms with van der Waals surface area (Å²) < 4.78 is 82.4. The summed E-state index contributed by atoms with van der Waals surface area (Å²) in [6.45, 7) is 2.26. The van der Waals surface area contributed by atoms with E-state index in [0.29, 0.717) is 30.2 Å². The molecule has 2 aromatic heterocycles. The Balaban J connectivity index is 0.000000201. The molecule has 8 atom stereocenters. The Morgan fingerprint density at radius 1 is 0.893 bits per heavy atom. The first-order valence-corrected chi connectivity index (χ1v) is 21.8. The number of rotatable bonds is 8. The Kier molecular flexibility index (Phi) is 15.7. The van der Waals surface area contributed by atoms with Gasteiger partial charge in [0.2, 0.25) is 11.8 Å². The van der Waals surface area contributed by atoms with Gasteiger partial charge in [-0.2, -0.15) is 32.3 Å². The number of carbonyl (C=O) groups excluding carboxylic acids is 2. The fraction of sp³-hybridized carbons (Fsp3) is 0.750. The van der Waals surface area contributed by atoms with E-state index in [2.05, 4.69) is 25.5 Å². The van der Waals surface area contributed by atoms with E-state index in [-0.39, 0.29) is 69.0 Å². The van der Waals surface area contributed by atoms with Gasteiger partial charge in [-0.05, 0) is 50.4 Å². The lowest BCUT2D eigenvalue weighted by Gasteiger charge is -2.41. The maximum atomic E-state index is 13.6. The van der Waals surface area contributed by atoms with Gasteiger partial charge in [-0.15, -0.1) is 0 Å². The maximum Gasteiger partial charge on any atom is 0.261 e. The lowest BCUT2D eigenvalue weighted by Crippen LogP contribution is -2.59. The second kappa shape index (κ2) is 19.8. The molecule has 3 saturated heterocycles. The maximum absolute atomic E-state index is 13.6. The number of carbonyl (C=O) groups is 2. The molecule has 2 saturated carbocycles. The summed E-state index contributed by atoms with van der Waals surface area (Å²) in [6.07, 6.45) is 12.3. The highest BCUT2D eigenvalue weighted by Crippen LogP contribution is 2.34. The van der Waals surface area contributed by atoms with Gasteiger partial charge in [0.1, 0.15) is 49.5 Å². The van der Waals surface area contributed by atoms with Crippen LogP contribution in [0.15, 0.2) is 25.3 Å². The molecule has 5 aliphatic rings. The van der Waals surface area contributed by atoms with E-state index < -0.39 is 38.6 Å². The average Bonchev–Trinajstić information content (AvgIpc) is 3.95. The predicted molar refractivity (Wildman–Crippen MR) is 195 cm³/mol. The SMILES string of the molecule is CS(=O)(=O)O.CS(=O)(=O)O.N#C[C@H]1C[C@@H](F)CN1C(=O)CN[C@@H]1CC[C@H](Cn2cncn2)C1.N=C1[C@@H]2C[C@H](F)CN2C(=O)CN1[C@@H]1CC[C@H](Cn2cncn2)C1. The molecule has 2 aromatic rings. The van der Waals surface area contributed by atoms with Crippen molar-refractivity contribution in [1.29, 1.82) is 10.7 Å². The standard InChI is InChI=1S/2C15H21FN6O.2CH4O3S/c16-11-4-13-15(17)21(7-14(23)22(13)6-11)12-2-1-10(3-12)5-20-9-18-8-19-20;16-12-4-14(5-17)22(8-12)15(23)6-19-13-2-1-11(3-13)7-21-10-18-9-20-21;2*1-5(2,3)4/h8-13,17H,1-7H2;9-14,19H,1-4,6-8H2;2*1H3,(H,2,3,4)/t10-,11-,12+,13-;11-,12+,13+,14+;;/m00../s1. The van der Waals surface area contributed by atoms with Crippen molar-refractivity contribution < 1.29 is 44.3 Å². The first kappa shape index (κ1) is 44.5. The number of alkyl halides is 2. The predicted octanol–water partition coefficient (Wildman–Crippen LogP) is 0.186. The summed E-state index contributed by atoms with van der Waals surface area (Å²) in [7, 11) is -7.33. The zero-order valence-corrected chi connectivity index (χ0v) is 32.8. The van der Waals surface area contributed by atoms with Crippen molar-refractivity contribution in [2.75, 3.05) is 38.7 Å². The number of nitriles is 1. The minimum absolute atomic E-state index is 0.0362. The third-order valence-corrected chi connectivity index (χ3v) is 10.1. The van der Waals surface area contributed by atoms with Crippen LogP contribution in [-0.2, 0) is 42.9 Å². The van der Waals surface area contributed by atoms with E-state index >= 15 is 0 Å². The zero-order chi connectivity index (χ0) is 41.2. The van der Waals surface area contributed by atoms with Crippen LogP contribution in [0.3, 0.4) is 0 Å². The Bertz CT molecular complexity index is 1820. The van der Waals surface area contributed by atoms with Crippen molar-refractivity contribution in [3.63, 3.8) is 0 Å². The Morgan fingerprint density at radius 2 is 1.45 bits per heavy atom. The molecule has 0 bridgehead atoms. The summed E-state index contributed by atoms with van der Waals surface area (Å²) >= 11 is 0. The quantitative estimate of drug-likeness (QED) is 0.259. The number of nitrogens with zero attached hydrogens (tertiary/aromatic N) is 10. The first-order chi connectivity index (χ1) is 26.3. The molecule has 4 N–H and O–H groups in total. The minimum atomic E-state index is -3.67. The van der Waals surface area contributed by atoms with Crippen LogP contribution in [0.5, 0.6) is 0 Å². The molecule has 0 aromatic carbocycles. The lowest BCUT2D eigenvalue weighted by molar-refractivity contribution is -0.134. The van der Waals surface area contributed by atoms with Gasteiger partial charge in [0.15, 0.2) is 0 Å². The monoisotopic (exact) mass is 832 g/mol. The van der Waals surface area contributed by atoms with E-state index in [9.17, 15) is 35.2 Å². The fourth-order valence-corrected chi connectivity index (χ4v) is 7.78. The Labute approximate surface area is 324 Å². The summed E-state index contributed by atoms with van der Waals surface area (Å²) in [4.78, 5) is 37.2. The van der Waals surface area contributed by atoms with Crippen LogP contribution < -0.4 is 5.32 Å². The molecule has 56 heavy (non-hydrogen) atoms. The van der Waals surface area contributed by atoms with Crippen LogP contribution in [-0.4, -0.2) is 163 Å². The Morgan fingerprint density at radius 3 is 2.00 bits per heavy atom. The van der Waals surface area contributed by atoms with Gasteiger partial charge in [0.05, 0.1) is 50.8 Å². The van der Waals surface area contributed by atoms with E-state index in [1.807, 2.05) is 20.3 Å². The first-order valence-electron chi connectivity index (χ1n) is 18.1. The summed E-state index contributed by atoms with van der Waals surface area (Å²) in [5, 5.41) is 28.9. The van der Waals surface area contributed by atoms with Crippen molar-refractivity contribution in [3.8, 4) is 6.07 Å². The molecule has 0 unspecified atom stereocenters. The topological polar surface area (TPSA) is 274 Å². The van der Waals surface area contributed by atoms with Crippen molar-refractivity contribution in [2.45, 2.75) is 101 Å². The largest absolute Gasteiger partial charge is 0.346 e. The molecule has 5 fully saturated rings. The molecule has 0 radical (unpaired) electrons. The van der Waals surface area contributed by atoms with Gasteiger partial charge < -0.3 is 20.0 Å². The van der Waals surface area contributed by atoms with Gasteiger partial charge >= 0.3 is 0 Å². The van der Waals surface area contributed by atoms with Crippen LogP contribution >= 0.6 is 0 Å². The third-order valence-electron chi connectivity index (χ3n) is 10.1. The molecule has 20 nitrogen and oxygen atoms in total. The number of aromatic nitrogens is 6. The van der Waals surface area contributed by atoms with Crippen molar-refractivity contribution in [3.05, 3.63) is 25.3 Å². The van der Waals surface area contributed by atoms with E-state index in [1.165, 1.54) is 17.6 Å². The molecule has 5 heterocycles. The molecule has 0 spiro atoms. The van der Waals surface area contributed by atoms with Crippen LogP contribution in [0.25, 0.3) is 0 Å². The summed E-state index contributed by atoms with van der Waals surface area (Å²) in [5.74, 6) is 1.22. The summed E-state index contributed by atoms with van der Waals surface area (Å²) in [6, 6.07) is 1.52. The van der Waals surface area contributed by atoms with E-state index in [1.54, 1.807) is 17.6 Å². The van der Waals surface area contributed by atoms with Crippen molar-refractivity contribution in [1.82, 2.24) is 49.5 Å². The number of nitrogens with one attached hydrogen (secondary N) is 2. The van der Waals surface area contributed by atoms with Gasteiger partial charge in [0, 0.05) is 38.0 Å². The molecule has 3 aliphatic heterocycles. The highest BCUT2D eigenvalue weighted by Gasteiger charge is 2.46. The number of amidine groups is 1. The number of amides is 2. The third kappa shape index (κ3) is 14.4. The number of likely N-dealkylation sites (tertiary alicyclic amines) is 1. The van der Waals surface area contributed by atoms with E-state index in [0.717, 1.165) is 51.6 Å². The molecule has 24 heteroatoms. The van der Waals surface area contributed by atoms with Gasteiger partial charge in [-0.3, -0.25) is 33.5 Å². The molecule has 312 valence electrons. The van der Waals surface area contributed by atoms with Crippen molar-refractivity contribution in [2.24, 2.45) is 11.8 Å². The van der Waals surface area contributed by atoms with Gasteiger partial charge in [0.25, 0.3) is 20.2 Å². The normalized spacial score (nSPS) is 28.7. The van der Waals surface area contributed by atoms with Crippen LogP contribution in [0.1, 0.15) is 51.4 Å². The highest BCUT2D eigenvalue weighted by molar-refractivity contribution is 7.85. The van der Waals surface area contributed by atoms with Crippen LogP contribution in [0, 0.1) is 28.6 Å². The summed E-state index contributed by atoms with van der Waals surface area (Å²) in [5.41, 5.74) is 0. The molecule has 2 aliphatic carbocycles. The van der Waals surface area contributed by atoms with Crippen molar-refractivity contribution >= 4 is 37.9 Å². The number of halogens is 2. The molecular formula is C32H50F2N12O8S2. The second-order valence-electron chi connectivity index (χ2n) is 14.7. The number of piperazine rings is 1. The van der Waals surface area contributed by atoms with Gasteiger partial charge in [-0.1, -0.05) is 0 Å². The second-order valence-corrected chi connectivity index (χ2v) is 17.7. The highest BCUT2D eigenvalue weighted by atomic mass is 32.2. The van der Waals surface area contributed by atoms with Crippen LogP contribution in [0.4, 0.5) is 8.78 Å². The lowest BCUT2D eigenvalue weighted by atomic mass is 10.0. The number of hydrogen-bond acceptors (Lipinski definition) is 13. The molecule has 7 rings (SSSR count). The number of hydrogen-bond donors (Lipinski definition) is 4. The molecular weight excluding hydrogens is 783 g/mol. The molecule has 2 amide bonds.